The van der Waals surface area contributed by atoms with Gasteiger partial charge in [0, 0.05) is 17.5 Å². The number of carbonyl (C=O) groups is 3. The molecule has 4 aromatic carbocycles. The van der Waals surface area contributed by atoms with Gasteiger partial charge in [0.2, 0.25) is 5.91 Å². The summed E-state index contributed by atoms with van der Waals surface area (Å²) in [5.74, 6) is -1.70. The highest BCUT2D eigenvalue weighted by atomic mass is 35.5. The number of ether oxygens (including phenoxy) is 1. The fourth-order valence-electron chi connectivity index (χ4n) is 7.00. The molecule has 1 spiro atoms. The average Bonchev–Trinajstić information content (AvgIpc) is 3.49. The molecule has 7 heteroatoms. The second-order valence-corrected chi connectivity index (χ2v) is 10.9. The molecule has 0 saturated carbocycles. The maximum Gasteiger partial charge on any atom is 0.238 e. The number of fused-ring (bicyclic) bond motifs is 6. The van der Waals surface area contributed by atoms with Crippen LogP contribution in [0.3, 0.4) is 0 Å². The minimum atomic E-state index is -1.42. The minimum Gasteiger partial charge on any atom is -0.496 e. The summed E-state index contributed by atoms with van der Waals surface area (Å²) in [7, 11) is 1.51. The van der Waals surface area contributed by atoms with Crippen LogP contribution in [0.2, 0.25) is 5.02 Å². The van der Waals surface area contributed by atoms with Gasteiger partial charge < -0.3 is 15.0 Å². The molecule has 0 aliphatic carbocycles. The monoisotopic (exact) mass is 560 g/mol. The number of carbonyl (C=O) groups excluding carboxylic acids is 3. The summed E-state index contributed by atoms with van der Waals surface area (Å²) in [6.07, 6.45) is 3.78. The molecule has 1 saturated heterocycles. The van der Waals surface area contributed by atoms with Crippen molar-refractivity contribution in [1.29, 1.82) is 0 Å². The van der Waals surface area contributed by atoms with Crippen molar-refractivity contribution in [3.8, 4) is 5.75 Å². The van der Waals surface area contributed by atoms with Crippen LogP contribution in [0.15, 0.2) is 103 Å². The number of benzene rings is 4. The topological polar surface area (TPSA) is 75.7 Å². The Morgan fingerprint density at radius 3 is 2.34 bits per heavy atom. The summed E-state index contributed by atoms with van der Waals surface area (Å²) in [5.41, 5.74) is 2.31. The van der Waals surface area contributed by atoms with Gasteiger partial charge in [-0.3, -0.25) is 14.4 Å². The van der Waals surface area contributed by atoms with E-state index in [2.05, 4.69) is 5.32 Å². The van der Waals surface area contributed by atoms with Gasteiger partial charge >= 0.3 is 0 Å². The Morgan fingerprint density at radius 2 is 1.54 bits per heavy atom. The molecule has 0 aromatic heterocycles. The summed E-state index contributed by atoms with van der Waals surface area (Å²) in [6.45, 7) is 0. The molecule has 0 radical (unpaired) electrons. The van der Waals surface area contributed by atoms with Gasteiger partial charge in [-0.2, -0.15) is 0 Å². The zero-order valence-corrected chi connectivity index (χ0v) is 22.8. The normalized spacial score (nSPS) is 23.5. The molecule has 41 heavy (non-hydrogen) atoms. The maximum atomic E-state index is 14.8. The number of nitrogens with one attached hydrogen (secondary N) is 1. The van der Waals surface area contributed by atoms with Gasteiger partial charge in [-0.15, -0.1) is 0 Å². The third-order valence-electron chi connectivity index (χ3n) is 8.63. The van der Waals surface area contributed by atoms with Crippen molar-refractivity contribution in [2.75, 3.05) is 12.4 Å². The van der Waals surface area contributed by atoms with Gasteiger partial charge in [0.05, 0.1) is 29.7 Å². The number of hydrogen-bond acceptors (Lipinski definition) is 5. The SMILES string of the molecule is COc1ccccc1C(=O)[C@@H]1[C@H](C(=O)c2ccccc2Cl)[C@@]2(C(=O)Nc3ccccc32)[C@H]2c3ccccc3C=CN12. The van der Waals surface area contributed by atoms with Crippen LogP contribution in [0.4, 0.5) is 5.69 Å². The van der Waals surface area contributed by atoms with Crippen molar-refractivity contribution in [1.82, 2.24) is 4.90 Å². The maximum absolute atomic E-state index is 14.8. The zero-order valence-electron chi connectivity index (χ0n) is 22.1. The minimum absolute atomic E-state index is 0.267. The Bertz CT molecular complexity index is 1780. The Balaban J connectivity index is 1.56. The molecular formula is C34H25ClN2O4. The molecule has 0 bridgehead atoms. The highest BCUT2D eigenvalue weighted by Crippen LogP contribution is 2.62. The molecule has 202 valence electrons. The van der Waals surface area contributed by atoms with Crippen LogP contribution in [0.5, 0.6) is 5.75 Å². The summed E-state index contributed by atoms with van der Waals surface area (Å²) >= 11 is 6.60. The van der Waals surface area contributed by atoms with E-state index in [4.69, 9.17) is 16.3 Å². The standard InChI is InChI=1S/C34H25ClN2O4/c1-41-27-17-9-5-13-23(27)31(39)29-28(30(38)22-12-4-7-15-25(22)35)34(24-14-6-8-16-26(24)36-33(34)40)32-21-11-3-2-10-20(21)18-19-37(29)32/h2-19,28-29,32H,1H3,(H,36,40)/t28-,29+,32-,34-/m1/s1. The highest BCUT2D eigenvalue weighted by molar-refractivity contribution is 6.34. The predicted octanol–water partition coefficient (Wildman–Crippen LogP) is 6.33. The molecule has 3 heterocycles. The van der Waals surface area contributed by atoms with E-state index in [1.807, 2.05) is 65.7 Å². The van der Waals surface area contributed by atoms with Crippen LogP contribution in [-0.4, -0.2) is 35.5 Å². The third-order valence-corrected chi connectivity index (χ3v) is 8.96. The first-order valence-electron chi connectivity index (χ1n) is 13.4. The number of ketones is 2. The Morgan fingerprint density at radius 1 is 0.854 bits per heavy atom. The first kappa shape index (κ1) is 25.3. The van der Waals surface area contributed by atoms with E-state index >= 15 is 0 Å². The second kappa shape index (κ2) is 9.46. The number of para-hydroxylation sites is 2. The van der Waals surface area contributed by atoms with E-state index in [9.17, 15) is 14.4 Å². The number of nitrogens with zero attached hydrogens (tertiary/aromatic N) is 1. The van der Waals surface area contributed by atoms with E-state index < -0.39 is 23.4 Å². The van der Waals surface area contributed by atoms with Crippen LogP contribution < -0.4 is 10.1 Å². The summed E-state index contributed by atoms with van der Waals surface area (Å²) in [6, 6.07) is 27.4. The van der Waals surface area contributed by atoms with E-state index in [0.717, 1.165) is 11.1 Å². The van der Waals surface area contributed by atoms with Gasteiger partial charge in [-0.1, -0.05) is 78.3 Å². The molecule has 4 atom stereocenters. The lowest BCUT2D eigenvalue weighted by atomic mass is 9.62. The Hall–Kier alpha value is -4.68. The lowest BCUT2D eigenvalue weighted by Crippen LogP contribution is -2.49. The van der Waals surface area contributed by atoms with Crippen molar-refractivity contribution in [3.63, 3.8) is 0 Å². The largest absolute Gasteiger partial charge is 0.496 e. The number of rotatable bonds is 5. The fourth-order valence-corrected chi connectivity index (χ4v) is 7.23. The molecule has 3 aliphatic rings. The molecule has 4 aromatic rings. The molecule has 1 fully saturated rings. The zero-order chi connectivity index (χ0) is 28.3. The smallest absolute Gasteiger partial charge is 0.238 e. The summed E-state index contributed by atoms with van der Waals surface area (Å²) in [5, 5.41) is 3.32. The predicted molar refractivity (Wildman–Crippen MR) is 157 cm³/mol. The average molecular weight is 561 g/mol. The molecule has 1 amide bonds. The molecule has 0 unspecified atom stereocenters. The van der Waals surface area contributed by atoms with Crippen LogP contribution in [0.1, 0.15) is 43.4 Å². The molecular weight excluding hydrogens is 536 g/mol. The molecule has 3 aliphatic heterocycles. The van der Waals surface area contributed by atoms with Gasteiger partial charge in [0.1, 0.15) is 17.2 Å². The Kier molecular flexibility index (Phi) is 5.84. The van der Waals surface area contributed by atoms with Crippen molar-refractivity contribution in [2.45, 2.75) is 17.5 Å². The number of hydrogen-bond donors (Lipinski definition) is 1. The van der Waals surface area contributed by atoms with Gasteiger partial charge in [-0.25, -0.2) is 0 Å². The van der Waals surface area contributed by atoms with Crippen LogP contribution in [0.25, 0.3) is 6.08 Å². The number of halogens is 1. The van der Waals surface area contributed by atoms with E-state index in [1.54, 1.807) is 48.5 Å². The van der Waals surface area contributed by atoms with E-state index in [1.165, 1.54) is 7.11 Å². The third kappa shape index (κ3) is 3.47. The molecule has 6 nitrogen and oxygen atoms in total. The lowest BCUT2D eigenvalue weighted by molar-refractivity contribution is -0.122. The number of amides is 1. The molecule has 1 N–H and O–H groups in total. The Labute approximate surface area is 242 Å². The van der Waals surface area contributed by atoms with Gasteiger partial charge in [0.15, 0.2) is 11.6 Å². The number of Topliss-reactive ketones (excluding diaryl/α,β-unsaturated/α-hetero) is 2. The van der Waals surface area contributed by atoms with Crippen molar-refractivity contribution >= 4 is 40.8 Å². The number of methoxy groups -OCH3 is 1. The second-order valence-electron chi connectivity index (χ2n) is 10.5. The quantitative estimate of drug-likeness (QED) is 0.289. The van der Waals surface area contributed by atoms with Crippen LogP contribution >= 0.6 is 11.6 Å². The summed E-state index contributed by atoms with van der Waals surface area (Å²) < 4.78 is 5.57. The van der Waals surface area contributed by atoms with E-state index in [-0.39, 0.29) is 28.1 Å². The van der Waals surface area contributed by atoms with Crippen LogP contribution in [-0.2, 0) is 10.2 Å². The first-order valence-corrected chi connectivity index (χ1v) is 13.8. The van der Waals surface area contributed by atoms with Crippen molar-refractivity contribution < 1.29 is 19.1 Å². The molecule has 7 rings (SSSR count). The van der Waals surface area contributed by atoms with Crippen molar-refractivity contribution in [2.24, 2.45) is 5.92 Å². The van der Waals surface area contributed by atoms with Crippen LogP contribution in [0, 0.1) is 5.92 Å². The van der Waals surface area contributed by atoms with Crippen molar-refractivity contribution in [3.05, 3.63) is 136 Å². The lowest BCUT2D eigenvalue weighted by Gasteiger charge is -2.38. The fraction of sp³-hybridized carbons (Fsp3) is 0.147. The summed E-state index contributed by atoms with van der Waals surface area (Å²) in [4.78, 5) is 45.9. The number of anilines is 1. The van der Waals surface area contributed by atoms with Gasteiger partial charge in [0.25, 0.3) is 0 Å². The highest BCUT2D eigenvalue weighted by Gasteiger charge is 2.71. The first-order chi connectivity index (χ1) is 20.0. The van der Waals surface area contributed by atoms with E-state index in [0.29, 0.717) is 22.6 Å². The van der Waals surface area contributed by atoms with Gasteiger partial charge in [-0.05, 0) is 53.1 Å².